The number of benzene rings is 1. The van der Waals surface area contributed by atoms with Gasteiger partial charge in [-0.3, -0.25) is 0 Å². The molecule has 1 unspecified atom stereocenters. The summed E-state index contributed by atoms with van der Waals surface area (Å²) >= 11 is 0. The maximum absolute atomic E-state index is 13.9. The molecule has 1 aliphatic heterocycles. The second-order valence-corrected chi connectivity index (χ2v) is 6.57. The first kappa shape index (κ1) is 16.2. The molecule has 1 aromatic rings. The number of hydrogen-bond donors (Lipinski definition) is 1. The van der Waals surface area contributed by atoms with Crippen molar-refractivity contribution in [1.29, 1.82) is 0 Å². The zero-order chi connectivity index (χ0) is 16.6. The first-order valence-electron chi connectivity index (χ1n) is 8.03. The molecule has 6 heteroatoms. The zero-order valence-corrected chi connectivity index (χ0v) is 13.1. The van der Waals surface area contributed by atoms with Gasteiger partial charge in [0.2, 0.25) is 0 Å². The van der Waals surface area contributed by atoms with Crippen molar-refractivity contribution in [2.75, 3.05) is 6.54 Å². The summed E-state index contributed by atoms with van der Waals surface area (Å²) in [5, 5.41) is 9.61. The summed E-state index contributed by atoms with van der Waals surface area (Å²) in [7, 11) is 0. The lowest BCUT2D eigenvalue weighted by Crippen LogP contribution is -2.52. The molecule has 2 fully saturated rings. The summed E-state index contributed by atoms with van der Waals surface area (Å²) < 4.78 is 32.6. The van der Waals surface area contributed by atoms with Crippen LogP contribution < -0.4 is 0 Å². The molecule has 1 heterocycles. The van der Waals surface area contributed by atoms with Gasteiger partial charge in [0, 0.05) is 24.6 Å². The number of carbonyl (C=O) groups excluding carboxylic acids is 1. The van der Waals surface area contributed by atoms with Crippen molar-refractivity contribution in [3.05, 3.63) is 35.4 Å². The van der Waals surface area contributed by atoms with Gasteiger partial charge in [-0.25, -0.2) is 13.6 Å². The molecule has 1 amide bonds. The molecule has 0 bridgehead atoms. The van der Waals surface area contributed by atoms with Crippen molar-refractivity contribution in [1.82, 2.24) is 4.90 Å². The molecule has 0 radical (unpaired) electrons. The molecule has 2 aliphatic rings. The van der Waals surface area contributed by atoms with E-state index in [4.69, 9.17) is 4.74 Å². The third-order valence-electron chi connectivity index (χ3n) is 5.09. The normalized spacial score (nSPS) is 29.5. The molecule has 126 valence electrons. The maximum Gasteiger partial charge on any atom is 0.410 e. The van der Waals surface area contributed by atoms with Gasteiger partial charge in [0.1, 0.15) is 17.2 Å². The number of rotatable bonds is 2. The lowest BCUT2D eigenvalue weighted by atomic mass is 9.80. The summed E-state index contributed by atoms with van der Waals surface area (Å²) in [4.78, 5) is 13.9. The van der Waals surface area contributed by atoms with Crippen molar-refractivity contribution in [2.24, 2.45) is 0 Å². The summed E-state index contributed by atoms with van der Waals surface area (Å²) in [5.74, 6) is -1.30. The van der Waals surface area contributed by atoms with Crippen LogP contribution in [0.5, 0.6) is 0 Å². The molecule has 1 N–H and O–H groups in total. The fourth-order valence-electron chi connectivity index (χ4n) is 3.55. The molecule has 3 rings (SSSR count). The number of aliphatic hydroxyl groups is 1. The van der Waals surface area contributed by atoms with Gasteiger partial charge < -0.3 is 14.7 Å². The van der Waals surface area contributed by atoms with Crippen molar-refractivity contribution >= 4 is 6.09 Å². The molecule has 4 nitrogen and oxygen atoms in total. The van der Waals surface area contributed by atoms with Gasteiger partial charge in [0.15, 0.2) is 0 Å². The Balaban J connectivity index is 1.72. The lowest BCUT2D eigenvalue weighted by molar-refractivity contribution is -0.0909. The highest BCUT2D eigenvalue weighted by atomic mass is 19.1. The van der Waals surface area contributed by atoms with Crippen molar-refractivity contribution in [3.63, 3.8) is 0 Å². The molecule has 23 heavy (non-hydrogen) atoms. The van der Waals surface area contributed by atoms with Gasteiger partial charge >= 0.3 is 6.09 Å². The Hall–Kier alpha value is -1.69. The van der Waals surface area contributed by atoms with Crippen LogP contribution in [0.1, 0.15) is 50.6 Å². The Morgan fingerprint density at radius 3 is 2.61 bits per heavy atom. The van der Waals surface area contributed by atoms with Crippen LogP contribution in [-0.2, 0) is 4.74 Å². The number of ether oxygens (including phenoxy) is 1. The van der Waals surface area contributed by atoms with E-state index in [-0.39, 0.29) is 11.7 Å². The van der Waals surface area contributed by atoms with E-state index < -0.39 is 29.4 Å². The summed E-state index contributed by atoms with van der Waals surface area (Å²) in [5.41, 5.74) is -0.216. The van der Waals surface area contributed by atoms with Crippen LogP contribution in [0, 0.1) is 11.6 Å². The van der Waals surface area contributed by atoms with Crippen molar-refractivity contribution in [2.45, 2.75) is 56.8 Å². The van der Waals surface area contributed by atoms with Gasteiger partial charge in [-0.15, -0.1) is 0 Å². The zero-order valence-electron chi connectivity index (χ0n) is 13.1. The van der Waals surface area contributed by atoms with E-state index in [9.17, 15) is 18.7 Å². The van der Waals surface area contributed by atoms with Crippen LogP contribution in [0.2, 0.25) is 0 Å². The molecule has 1 spiro atoms. The molecular formula is C17H21F2NO3. The van der Waals surface area contributed by atoms with Gasteiger partial charge in [0.25, 0.3) is 0 Å². The fraction of sp³-hybridized carbons (Fsp3) is 0.588. The van der Waals surface area contributed by atoms with Crippen LogP contribution in [0.4, 0.5) is 13.6 Å². The Bertz CT molecular complexity index is 600. The highest BCUT2D eigenvalue weighted by molar-refractivity contribution is 5.69. The Morgan fingerprint density at radius 2 is 2.00 bits per heavy atom. The van der Waals surface area contributed by atoms with Crippen LogP contribution in [0.25, 0.3) is 0 Å². The van der Waals surface area contributed by atoms with E-state index in [0.29, 0.717) is 38.6 Å². The van der Waals surface area contributed by atoms with Gasteiger partial charge in [-0.05, 0) is 38.7 Å². The third kappa shape index (κ3) is 3.17. The highest BCUT2D eigenvalue weighted by Crippen LogP contribution is 2.39. The maximum atomic E-state index is 13.9. The smallest absolute Gasteiger partial charge is 0.410 e. The topological polar surface area (TPSA) is 49.8 Å². The van der Waals surface area contributed by atoms with E-state index in [1.807, 2.05) is 0 Å². The van der Waals surface area contributed by atoms with Gasteiger partial charge in [0.05, 0.1) is 12.1 Å². The van der Waals surface area contributed by atoms with Crippen LogP contribution in [0.3, 0.4) is 0 Å². The minimum Gasteiger partial charge on any atom is -0.443 e. The summed E-state index contributed by atoms with van der Waals surface area (Å²) in [6.45, 7) is 2.17. The Morgan fingerprint density at radius 1 is 1.30 bits per heavy atom. The average molecular weight is 325 g/mol. The largest absolute Gasteiger partial charge is 0.443 e. The van der Waals surface area contributed by atoms with Gasteiger partial charge in [-0.1, -0.05) is 6.07 Å². The van der Waals surface area contributed by atoms with Crippen molar-refractivity contribution < 1.29 is 23.4 Å². The quantitative estimate of drug-likeness (QED) is 0.905. The van der Waals surface area contributed by atoms with E-state index >= 15 is 0 Å². The summed E-state index contributed by atoms with van der Waals surface area (Å²) in [6, 6.07) is 2.86. The molecule has 1 saturated carbocycles. The summed E-state index contributed by atoms with van der Waals surface area (Å²) in [6.07, 6.45) is 2.47. The first-order valence-corrected chi connectivity index (χ1v) is 8.03. The predicted octanol–water partition coefficient (Wildman–Crippen LogP) is 3.54. The molecule has 1 aliphatic carbocycles. The van der Waals surface area contributed by atoms with Crippen LogP contribution >= 0.6 is 0 Å². The molecule has 1 aromatic carbocycles. The first-order chi connectivity index (χ1) is 10.9. The lowest BCUT2D eigenvalue weighted by Gasteiger charge is -2.45. The number of halogens is 2. The molecule has 0 aromatic heterocycles. The number of nitrogens with zero attached hydrogens (tertiary/aromatic N) is 1. The minimum absolute atomic E-state index is 0.276. The molecule has 1 atom stereocenters. The minimum atomic E-state index is -0.661. The molecule has 1 saturated heterocycles. The fourth-order valence-corrected chi connectivity index (χ4v) is 3.55. The predicted molar refractivity (Wildman–Crippen MR) is 79.8 cm³/mol. The molecular weight excluding hydrogens is 304 g/mol. The average Bonchev–Trinajstić information content (AvgIpc) is 2.50. The van der Waals surface area contributed by atoms with Gasteiger partial charge in [-0.2, -0.15) is 0 Å². The number of aliphatic hydroxyl groups excluding tert-OH is 1. The number of hydrogen-bond acceptors (Lipinski definition) is 3. The second-order valence-electron chi connectivity index (χ2n) is 6.57. The second kappa shape index (κ2) is 6.07. The van der Waals surface area contributed by atoms with E-state index in [0.717, 1.165) is 6.07 Å². The van der Waals surface area contributed by atoms with Crippen LogP contribution in [-0.4, -0.2) is 34.3 Å². The number of carbonyl (C=O) groups is 1. The monoisotopic (exact) mass is 325 g/mol. The van der Waals surface area contributed by atoms with E-state index in [2.05, 4.69) is 0 Å². The van der Waals surface area contributed by atoms with Crippen LogP contribution in [0.15, 0.2) is 18.2 Å². The SMILES string of the molecule is CC(c1ccc(F)cc1F)N1CCC2(CCC(O)CC2)OC1=O. The Kier molecular flexibility index (Phi) is 4.27. The highest BCUT2D eigenvalue weighted by Gasteiger charge is 2.44. The van der Waals surface area contributed by atoms with Crippen molar-refractivity contribution in [3.8, 4) is 0 Å². The number of amides is 1. The third-order valence-corrected chi connectivity index (χ3v) is 5.09. The Labute approximate surface area is 134 Å². The van der Waals surface area contributed by atoms with E-state index in [1.165, 1.54) is 17.0 Å². The standard InChI is InChI=1S/C17H21F2NO3/c1-11(14-3-2-12(18)10-15(14)19)20-9-8-17(23-16(20)22)6-4-13(21)5-7-17/h2-3,10-11,13,21H,4-9H2,1H3. The van der Waals surface area contributed by atoms with E-state index in [1.54, 1.807) is 6.92 Å².